The summed E-state index contributed by atoms with van der Waals surface area (Å²) in [5, 5.41) is 2.82. The third-order valence-corrected chi connectivity index (χ3v) is 4.15. The minimum Gasteiger partial charge on any atom is -0.352 e. The molecule has 0 saturated heterocycles. The van der Waals surface area contributed by atoms with E-state index in [0.717, 1.165) is 19.3 Å². The van der Waals surface area contributed by atoms with E-state index < -0.39 is 5.82 Å². The summed E-state index contributed by atoms with van der Waals surface area (Å²) < 4.78 is 13.5. The maximum Gasteiger partial charge on any atom is 0.254 e. The third kappa shape index (κ3) is 2.97. The van der Waals surface area contributed by atoms with Gasteiger partial charge in [0.1, 0.15) is 5.82 Å². The number of carbonyl (C=O) groups excluding carboxylic acids is 1. The minimum atomic E-state index is -0.471. The number of halogens is 1. The lowest BCUT2D eigenvalue weighted by Crippen LogP contribution is -2.26. The van der Waals surface area contributed by atoms with Crippen molar-refractivity contribution in [1.82, 2.24) is 5.32 Å². The summed E-state index contributed by atoms with van der Waals surface area (Å²) in [4.78, 5) is 11.9. The van der Waals surface area contributed by atoms with Gasteiger partial charge in [-0.2, -0.15) is 0 Å². The maximum absolute atomic E-state index is 13.5. The van der Waals surface area contributed by atoms with E-state index in [9.17, 15) is 9.18 Å². The first-order valence-corrected chi connectivity index (χ1v) is 7.36. The molecule has 3 rings (SSSR count). The SMILES string of the molecule is O=C(NCCC1CCc2ccccc21)c1ccccc1F. The first-order valence-electron chi connectivity index (χ1n) is 7.36. The van der Waals surface area contributed by atoms with Crippen molar-refractivity contribution < 1.29 is 9.18 Å². The van der Waals surface area contributed by atoms with Gasteiger partial charge >= 0.3 is 0 Å². The molecule has 0 fully saturated rings. The average molecular weight is 283 g/mol. The monoisotopic (exact) mass is 283 g/mol. The van der Waals surface area contributed by atoms with Gasteiger partial charge in [0.2, 0.25) is 0 Å². The predicted molar refractivity (Wildman–Crippen MR) is 80.9 cm³/mol. The summed E-state index contributed by atoms with van der Waals surface area (Å²) in [6.45, 7) is 0.576. The minimum absolute atomic E-state index is 0.115. The Morgan fingerprint density at radius 2 is 1.90 bits per heavy atom. The Morgan fingerprint density at radius 3 is 2.76 bits per heavy atom. The molecule has 3 heteroatoms. The highest BCUT2D eigenvalue weighted by molar-refractivity contribution is 5.94. The van der Waals surface area contributed by atoms with Gasteiger partial charge in [0, 0.05) is 6.54 Å². The fourth-order valence-corrected chi connectivity index (χ4v) is 3.05. The van der Waals surface area contributed by atoms with E-state index in [2.05, 4.69) is 29.6 Å². The summed E-state index contributed by atoms with van der Waals surface area (Å²) in [7, 11) is 0. The van der Waals surface area contributed by atoms with Crippen molar-refractivity contribution in [2.45, 2.75) is 25.2 Å². The number of hydrogen-bond acceptors (Lipinski definition) is 1. The predicted octanol–water partition coefficient (Wildman–Crippen LogP) is 3.68. The zero-order chi connectivity index (χ0) is 14.7. The van der Waals surface area contributed by atoms with E-state index in [1.54, 1.807) is 12.1 Å². The van der Waals surface area contributed by atoms with Crippen LogP contribution in [0.15, 0.2) is 48.5 Å². The zero-order valence-electron chi connectivity index (χ0n) is 11.8. The Labute approximate surface area is 124 Å². The highest BCUT2D eigenvalue weighted by Crippen LogP contribution is 2.34. The molecular weight excluding hydrogens is 265 g/mol. The second kappa shape index (κ2) is 6.08. The maximum atomic E-state index is 13.5. The highest BCUT2D eigenvalue weighted by atomic mass is 19.1. The molecule has 1 aliphatic carbocycles. The second-order valence-electron chi connectivity index (χ2n) is 5.46. The number of hydrogen-bond donors (Lipinski definition) is 1. The summed E-state index contributed by atoms with van der Waals surface area (Å²) in [5.74, 6) is -0.303. The highest BCUT2D eigenvalue weighted by Gasteiger charge is 2.21. The van der Waals surface area contributed by atoms with Crippen LogP contribution in [-0.4, -0.2) is 12.5 Å². The van der Waals surface area contributed by atoms with Crippen LogP contribution in [0.4, 0.5) is 4.39 Å². The fourth-order valence-electron chi connectivity index (χ4n) is 3.05. The van der Waals surface area contributed by atoms with Crippen molar-refractivity contribution in [2.75, 3.05) is 6.54 Å². The number of carbonyl (C=O) groups is 1. The molecule has 21 heavy (non-hydrogen) atoms. The summed E-state index contributed by atoms with van der Waals surface area (Å²) in [6.07, 6.45) is 3.15. The first kappa shape index (κ1) is 13.8. The van der Waals surface area contributed by atoms with Crippen LogP contribution >= 0.6 is 0 Å². The molecular formula is C18H18FNO. The van der Waals surface area contributed by atoms with Crippen molar-refractivity contribution >= 4 is 5.91 Å². The van der Waals surface area contributed by atoms with E-state index in [1.807, 2.05) is 0 Å². The van der Waals surface area contributed by atoms with Gasteiger partial charge in [-0.05, 0) is 48.4 Å². The lowest BCUT2D eigenvalue weighted by molar-refractivity contribution is 0.0948. The molecule has 0 spiro atoms. The summed E-state index contributed by atoms with van der Waals surface area (Å²) >= 11 is 0. The molecule has 1 atom stereocenters. The number of aryl methyl sites for hydroxylation is 1. The lowest BCUT2D eigenvalue weighted by atomic mass is 9.98. The number of nitrogens with one attached hydrogen (secondary N) is 1. The van der Waals surface area contributed by atoms with Crippen LogP contribution in [0, 0.1) is 5.82 Å². The van der Waals surface area contributed by atoms with E-state index in [-0.39, 0.29) is 11.5 Å². The quantitative estimate of drug-likeness (QED) is 0.911. The molecule has 1 aliphatic rings. The van der Waals surface area contributed by atoms with Crippen LogP contribution in [0.2, 0.25) is 0 Å². The van der Waals surface area contributed by atoms with Crippen molar-refractivity contribution in [3.8, 4) is 0 Å². The van der Waals surface area contributed by atoms with Gasteiger partial charge in [0.25, 0.3) is 5.91 Å². The number of fused-ring (bicyclic) bond motifs is 1. The molecule has 2 aromatic rings. The van der Waals surface area contributed by atoms with Crippen LogP contribution in [0.5, 0.6) is 0 Å². The topological polar surface area (TPSA) is 29.1 Å². The number of benzene rings is 2. The van der Waals surface area contributed by atoms with E-state index in [0.29, 0.717) is 12.5 Å². The van der Waals surface area contributed by atoms with Crippen LogP contribution in [0.3, 0.4) is 0 Å². The molecule has 0 radical (unpaired) electrons. The average Bonchev–Trinajstić information content (AvgIpc) is 2.91. The van der Waals surface area contributed by atoms with Gasteiger partial charge in [-0.1, -0.05) is 36.4 Å². The lowest BCUT2D eigenvalue weighted by Gasteiger charge is -2.12. The molecule has 2 aromatic carbocycles. The zero-order valence-corrected chi connectivity index (χ0v) is 11.8. The smallest absolute Gasteiger partial charge is 0.254 e. The standard InChI is InChI=1S/C18H18FNO/c19-17-8-4-3-7-16(17)18(21)20-12-11-14-10-9-13-5-1-2-6-15(13)14/h1-8,14H,9-12H2,(H,20,21). The van der Waals surface area contributed by atoms with Crippen molar-refractivity contribution in [3.05, 3.63) is 71.0 Å². The Morgan fingerprint density at radius 1 is 1.14 bits per heavy atom. The molecule has 0 heterocycles. The molecule has 2 nitrogen and oxygen atoms in total. The van der Waals surface area contributed by atoms with Gasteiger partial charge in [0.15, 0.2) is 0 Å². The molecule has 1 amide bonds. The number of amides is 1. The molecule has 1 N–H and O–H groups in total. The third-order valence-electron chi connectivity index (χ3n) is 4.15. The van der Waals surface area contributed by atoms with Gasteiger partial charge in [-0.15, -0.1) is 0 Å². The molecule has 108 valence electrons. The summed E-state index contributed by atoms with van der Waals surface area (Å²) in [5.41, 5.74) is 2.94. The van der Waals surface area contributed by atoms with Crippen molar-refractivity contribution in [3.63, 3.8) is 0 Å². The van der Waals surface area contributed by atoms with E-state index in [1.165, 1.54) is 23.3 Å². The first-order chi connectivity index (χ1) is 10.3. The van der Waals surface area contributed by atoms with Crippen molar-refractivity contribution in [2.24, 2.45) is 0 Å². The molecule has 0 aromatic heterocycles. The van der Waals surface area contributed by atoms with Gasteiger partial charge < -0.3 is 5.32 Å². The Hall–Kier alpha value is -2.16. The second-order valence-corrected chi connectivity index (χ2v) is 5.46. The Balaban J connectivity index is 1.56. The van der Waals surface area contributed by atoms with Crippen molar-refractivity contribution in [1.29, 1.82) is 0 Å². The van der Waals surface area contributed by atoms with Crippen LogP contribution in [0.1, 0.15) is 40.2 Å². The molecule has 0 bridgehead atoms. The Kier molecular flexibility index (Phi) is 4.00. The summed E-state index contributed by atoms with van der Waals surface area (Å²) in [6, 6.07) is 14.6. The van der Waals surface area contributed by atoms with Crippen LogP contribution < -0.4 is 5.32 Å². The van der Waals surface area contributed by atoms with E-state index >= 15 is 0 Å². The fraction of sp³-hybridized carbons (Fsp3) is 0.278. The van der Waals surface area contributed by atoms with Crippen LogP contribution in [-0.2, 0) is 6.42 Å². The van der Waals surface area contributed by atoms with Gasteiger partial charge in [0.05, 0.1) is 5.56 Å². The van der Waals surface area contributed by atoms with Gasteiger partial charge in [-0.3, -0.25) is 4.79 Å². The van der Waals surface area contributed by atoms with Crippen LogP contribution in [0.25, 0.3) is 0 Å². The van der Waals surface area contributed by atoms with Gasteiger partial charge in [-0.25, -0.2) is 4.39 Å². The molecule has 0 saturated carbocycles. The van der Waals surface area contributed by atoms with E-state index in [4.69, 9.17) is 0 Å². The largest absolute Gasteiger partial charge is 0.352 e. The Bertz CT molecular complexity index is 653. The molecule has 1 unspecified atom stereocenters. The number of rotatable bonds is 4. The molecule has 0 aliphatic heterocycles. The normalized spacial score (nSPS) is 16.5.